The summed E-state index contributed by atoms with van der Waals surface area (Å²) in [6.07, 6.45) is -3.88. The summed E-state index contributed by atoms with van der Waals surface area (Å²) in [6.45, 7) is 0. The number of halogens is 4. The number of carboxylic acid groups (broad SMARTS) is 1. The lowest BCUT2D eigenvalue weighted by molar-refractivity contribution is -0.137. The minimum atomic E-state index is -4.58. The second-order valence-corrected chi connectivity index (χ2v) is 4.78. The van der Waals surface area contributed by atoms with Crippen LogP contribution in [0.25, 0.3) is 16.8 Å². The van der Waals surface area contributed by atoms with Crippen molar-refractivity contribution in [1.29, 1.82) is 0 Å². The molecule has 0 saturated heterocycles. The van der Waals surface area contributed by atoms with Crippen molar-refractivity contribution in [3.63, 3.8) is 0 Å². The zero-order valence-electron chi connectivity index (χ0n) is 11.3. The lowest BCUT2D eigenvalue weighted by Crippen LogP contribution is -2.06. The maximum atomic E-state index is 13.3. The average Bonchev–Trinajstić information content (AvgIpc) is 2.84. The van der Waals surface area contributed by atoms with Crippen LogP contribution in [0.1, 0.15) is 15.9 Å². The molecule has 0 aliphatic carbocycles. The first kappa shape index (κ1) is 15.0. The molecule has 0 saturated carbocycles. The molecular formula is C15H8F4N2O2. The van der Waals surface area contributed by atoms with Crippen LogP contribution < -0.4 is 0 Å². The number of alkyl halides is 3. The molecule has 23 heavy (non-hydrogen) atoms. The Balaban J connectivity index is 2.29. The van der Waals surface area contributed by atoms with Gasteiger partial charge in [0.25, 0.3) is 0 Å². The molecule has 0 amide bonds. The highest BCUT2D eigenvalue weighted by atomic mass is 19.4. The van der Waals surface area contributed by atoms with Crippen molar-refractivity contribution in [3.8, 4) is 11.3 Å². The van der Waals surface area contributed by atoms with E-state index < -0.39 is 23.5 Å². The number of aromatic nitrogens is 2. The first-order valence-electron chi connectivity index (χ1n) is 6.36. The second-order valence-electron chi connectivity index (χ2n) is 4.78. The number of rotatable bonds is 2. The second kappa shape index (κ2) is 5.08. The van der Waals surface area contributed by atoms with Crippen molar-refractivity contribution < 1.29 is 27.5 Å². The van der Waals surface area contributed by atoms with E-state index in [1.165, 1.54) is 18.2 Å². The molecule has 0 aliphatic rings. The Morgan fingerprint density at radius 1 is 1.17 bits per heavy atom. The Morgan fingerprint density at radius 2 is 1.91 bits per heavy atom. The van der Waals surface area contributed by atoms with Crippen molar-refractivity contribution in [3.05, 3.63) is 59.5 Å². The van der Waals surface area contributed by atoms with Crippen LogP contribution in [0.5, 0.6) is 0 Å². The molecule has 2 heterocycles. The van der Waals surface area contributed by atoms with Gasteiger partial charge in [0.15, 0.2) is 0 Å². The van der Waals surface area contributed by atoms with E-state index in [1.807, 2.05) is 0 Å². The van der Waals surface area contributed by atoms with Gasteiger partial charge < -0.3 is 5.11 Å². The molecule has 0 aliphatic heterocycles. The molecule has 8 heteroatoms. The van der Waals surface area contributed by atoms with Crippen molar-refractivity contribution >= 4 is 11.5 Å². The Morgan fingerprint density at radius 3 is 2.52 bits per heavy atom. The van der Waals surface area contributed by atoms with E-state index in [2.05, 4.69) is 5.10 Å². The number of hydrogen-bond acceptors (Lipinski definition) is 2. The lowest BCUT2D eigenvalue weighted by atomic mass is 10.1. The summed E-state index contributed by atoms with van der Waals surface area (Å²) in [5.41, 5.74) is -1.19. The SMILES string of the molecule is O=C(O)c1c(-c2cccc(F)c2)nn2cc(C(F)(F)F)ccc12. The van der Waals surface area contributed by atoms with Gasteiger partial charge in [0.05, 0.1) is 11.1 Å². The van der Waals surface area contributed by atoms with Crippen LogP contribution in [0.15, 0.2) is 42.6 Å². The fourth-order valence-electron chi connectivity index (χ4n) is 2.27. The summed E-state index contributed by atoms with van der Waals surface area (Å²) in [7, 11) is 0. The zero-order valence-corrected chi connectivity index (χ0v) is 11.3. The predicted octanol–water partition coefficient (Wildman–Crippen LogP) is 3.86. The standard InChI is InChI=1S/C15H8F4N2O2/c16-10-3-1-2-8(6-10)13-12(14(22)23)11-5-4-9(15(17,18)19)7-21(11)20-13/h1-7H,(H,22,23). The van der Waals surface area contributed by atoms with Gasteiger partial charge in [-0.25, -0.2) is 13.7 Å². The summed E-state index contributed by atoms with van der Waals surface area (Å²) in [5.74, 6) is -1.97. The molecule has 0 bridgehead atoms. The number of carbonyl (C=O) groups is 1. The molecule has 118 valence electrons. The minimum Gasteiger partial charge on any atom is -0.478 e. The van der Waals surface area contributed by atoms with Gasteiger partial charge in [-0.1, -0.05) is 12.1 Å². The van der Waals surface area contributed by atoms with Crippen molar-refractivity contribution in [2.24, 2.45) is 0 Å². The van der Waals surface area contributed by atoms with E-state index in [9.17, 15) is 27.5 Å². The predicted molar refractivity (Wildman–Crippen MR) is 72.5 cm³/mol. The Labute approximate surface area is 126 Å². The number of carboxylic acids is 1. The van der Waals surface area contributed by atoms with E-state index >= 15 is 0 Å². The van der Waals surface area contributed by atoms with E-state index in [4.69, 9.17) is 0 Å². The number of aromatic carboxylic acids is 1. The molecule has 0 atom stereocenters. The maximum Gasteiger partial charge on any atom is 0.417 e. The number of fused-ring (bicyclic) bond motifs is 1. The molecule has 3 aromatic rings. The maximum absolute atomic E-state index is 13.3. The number of nitrogens with zero attached hydrogens (tertiary/aromatic N) is 2. The third kappa shape index (κ3) is 2.63. The van der Waals surface area contributed by atoms with Crippen LogP contribution in [0, 0.1) is 5.82 Å². The van der Waals surface area contributed by atoms with Gasteiger partial charge in [0.1, 0.15) is 17.1 Å². The Kier molecular flexibility index (Phi) is 3.32. The summed E-state index contributed by atoms with van der Waals surface area (Å²) >= 11 is 0. The molecule has 0 radical (unpaired) electrons. The normalized spacial score (nSPS) is 11.8. The molecule has 1 aromatic carbocycles. The highest BCUT2D eigenvalue weighted by Gasteiger charge is 2.32. The quantitative estimate of drug-likeness (QED) is 0.728. The summed E-state index contributed by atoms with van der Waals surface area (Å²) in [6, 6.07) is 6.84. The third-order valence-corrected chi connectivity index (χ3v) is 3.27. The van der Waals surface area contributed by atoms with Crippen LogP contribution in [-0.4, -0.2) is 20.7 Å². The summed E-state index contributed by atoms with van der Waals surface area (Å²) < 4.78 is 52.4. The van der Waals surface area contributed by atoms with Gasteiger partial charge in [-0.15, -0.1) is 0 Å². The topological polar surface area (TPSA) is 54.6 Å². The van der Waals surface area contributed by atoms with E-state index in [0.29, 0.717) is 6.20 Å². The van der Waals surface area contributed by atoms with Gasteiger partial charge in [0, 0.05) is 11.8 Å². The minimum absolute atomic E-state index is 0.00948. The Hall–Kier alpha value is -2.90. The molecule has 2 aromatic heterocycles. The van der Waals surface area contributed by atoms with Gasteiger partial charge in [-0.2, -0.15) is 18.3 Å². The first-order chi connectivity index (χ1) is 10.8. The third-order valence-electron chi connectivity index (χ3n) is 3.27. The van der Waals surface area contributed by atoms with Gasteiger partial charge in [0.2, 0.25) is 0 Å². The van der Waals surface area contributed by atoms with Gasteiger partial charge in [-0.05, 0) is 24.3 Å². The molecule has 0 fully saturated rings. The van der Waals surface area contributed by atoms with Gasteiger partial charge in [-0.3, -0.25) is 0 Å². The summed E-state index contributed by atoms with van der Waals surface area (Å²) in [5, 5.41) is 13.2. The largest absolute Gasteiger partial charge is 0.478 e. The van der Waals surface area contributed by atoms with E-state index in [0.717, 1.165) is 22.7 Å². The van der Waals surface area contributed by atoms with E-state index in [1.54, 1.807) is 0 Å². The molecular weight excluding hydrogens is 316 g/mol. The van der Waals surface area contributed by atoms with Crippen molar-refractivity contribution in [2.75, 3.05) is 0 Å². The van der Waals surface area contributed by atoms with Crippen LogP contribution >= 0.6 is 0 Å². The number of hydrogen-bond donors (Lipinski definition) is 1. The molecule has 0 unspecified atom stereocenters. The summed E-state index contributed by atoms with van der Waals surface area (Å²) in [4.78, 5) is 11.5. The van der Waals surface area contributed by atoms with Crippen LogP contribution in [0.4, 0.5) is 17.6 Å². The lowest BCUT2D eigenvalue weighted by Gasteiger charge is -2.06. The average molecular weight is 324 g/mol. The van der Waals surface area contributed by atoms with Crippen molar-refractivity contribution in [1.82, 2.24) is 9.61 Å². The van der Waals surface area contributed by atoms with Crippen LogP contribution in [0.2, 0.25) is 0 Å². The van der Waals surface area contributed by atoms with Crippen LogP contribution in [0.3, 0.4) is 0 Å². The highest BCUT2D eigenvalue weighted by molar-refractivity contribution is 6.02. The monoisotopic (exact) mass is 324 g/mol. The molecule has 4 nitrogen and oxygen atoms in total. The number of pyridine rings is 1. The zero-order chi connectivity index (χ0) is 16.8. The van der Waals surface area contributed by atoms with E-state index in [-0.39, 0.29) is 22.3 Å². The first-order valence-corrected chi connectivity index (χ1v) is 6.36. The fraction of sp³-hybridized carbons (Fsp3) is 0.0667. The molecule has 0 spiro atoms. The smallest absolute Gasteiger partial charge is 0.417 e. The van der Waals surface area contributed by atoms with Gasteiger partial charge >= 0.3 is 12.1 Å². The van der Waals surface area contributed by atoms with Crippen molar-refractivity contribution in [2.45, 2.75) is 6.18 Å². The van der Waals surface area contributed by atoms with Crippen LogP contribution in [-0.2, 0) is 6.18 Å². The Bertz CT molecular complexity index is 915. The highest BCUT2D eigenvalue weighted by Crippen LogP contribution is 2.32. The molecule has 3 rings (SSSR count). The fourth-order valence-corrected chi connectivity index (χ4v) is 2.27. The number of benzene rings is 1. The molecule has 1 N–H and O–H groups in total.